The van der Waals surface area contributed by atoms with Crippen LogP contribution in [0.5, 0.6) is 0 Å². The second-order valence-corrected chi connectivity index (χ2v) is 6.17. The molecule has 0 aromatic heterocycles. The number of ether oxygens (including phenoxy) is 2. The van der Waals surface area contributed by atoms with E-state index in [1.807, 2.05) is 0 Å². The predicted molar refractivity (Wildman–Crippen MR) is 75.3 cm³/mol. The van der Waals surface area contributed by atoms with Gasteiger partial charge < -0.3 is 19.8 Å². The van der Waals surface area contributed by atoms with Crippen LogP contribution >= 0.6 is 0 Å². The van der Waals surface area contributed by atoms with Crippen LogP contribution in [0.1, 0.15) is 40.5 Å². The second-order valence-electron chi connectivity index (χ2n) is 6.17. The van der Waals surface area contributed by atoms with Crippen molar-refractivity contribution in [3.05, 3.63) is 5.21 Å². The smallest absolute Gasteiger partial charge is 0.511 e. The van der Waals surface area contributed by atoms with Gasteiger partial charge in [0.15, 0.2) is 0 Å². The molecule has 1 rings (SSSR count). The number of aliphatic hydroxyl groups excluding tert-OH is 1. The molecular weight excluding hydrogens is 294 g/mol. The van der Waals surface area contributed by atoms with E-state index in [2.05, 4.69) is 5.28 Å². The number of hydrogen-bond donors (Lipinski definition) is 1. The summed E-state index contributed by atoms with van der Waals surface area (Å²) in [6.45, 7) is 7.66. The SMILES string of the molecule is CC(O/N=[N+](\[O-])N1CCC(CO)CC1)OC(=O)OC(C)(C)C. The van der Waals surface area contributed by atoms with Crippen molar-refractivity contribution in [2.45, 2.75) is 52.4 Å². The van der Waals surface area contributed by atoms with Gasteiger partial charge in [-0.2, -0.15) is 0 Å². The molecule has 0 amide bonds. The summed E-state index contributed by atoms with van der Waals surface area (Å²) >= 11 is 0. The Morgan fingerprint density at radius 3 is 2.55 bits per heavy atom. The third kappa shape index (κ3) is 6.79. The van der Waals surface area contributed by atoms with Gasteiger partial charge in [0.1, 0.15) is 5.60 Å². The average molecular weight is 319 g/mol. The van der Waals surface area contributed by atoms with E-state index in [9.17, 15) is 10.0 Å². The van der Waals surface area contributed by atoms with Gasteiger partial charge >= 0.3 is 6.16 Å². The van der Waals surface area contributed by atoms with Gasteiger partial charge in [-0.15, -0.1) is 5.01 Å². The summed E-state index contributed by atoms with van der Waals surface area (Å²) in [7, 11) is 0. The van der Waals surface area contributed by atoms with Crippen LogP contribution in [0.3, 0.4) is 0 Å². The number of rotatable bonds is 5. The molecule has 0 aromatic rings. The zero-order chi connectivity index (χ0) is 16.8. The predicted octanol–water partition coefficient (Wildman–Crippen LogP) is 1.80. The van der Waals surface area contributed by atoms with Crippen molar-refractivity contribution in [1.29, 1.82) is 0 Å². The highest BCUT2D eigenvalue weighted by atomic mass is 16.8. The van der Waals surface area contributed by atoms with E-state index < -0.39 is 18.0 Å². The zero-order valence-corrected chi connectivity index (χ0v) is 13.5. The van der Waals surface area contributed by atoms with Crippen molar-refractivity contribution in [3.63, 3.8) is 0 Å². The van der Waals surface area contributed by atoms with Gasteiger partial charge in [0.25, 0.3) is 6.29 Å². The molecule has 0 spiro atoms. The first-order valence-corrected chi connectivity index (χ1v) is 7.30. The van der Waals surface area contributed by atoms with Gasteiger partial charge in [-0.25, -0.2) is 4.79 Å². The summed E-state index contributed by atoms with van der Waals surface area (Å²) in [5.74, 6) is 0.222. The van der Waals surface area contributed by atoms with Crippen molar-refractivity contribution in [1.82, 2.24) is 5.01 Å². The number of carbonyl (C=O) groups excluding carboxylic acids is 1. The molecule has 1 heterocycles. The van der Waals surface area contributed by atoms with Crippen LogP contribution in [-0.2, 0) is 14.3 Å². The standard InChI is InChI=1S/C13H25N3O6/c1-10(20-12(18)21-13(2,3)4)22-14-16(19)15-7-5-11(9-17)6-8-15/h10-11,17H,5-9H2,1-4H3/b16-14-. The van der Waals surface area contributed by atoms with E-state index in [0.717, 1.165) is 0 Å². The van der Waals surface area contributed by atoms with Crippen LogP contribution in [0, 0.1) is 11.1 Å². The first-order chi connectivity index (χ1) is 10.2. The minimum atomic E-state index is -1.04. The molecule has 0 radical (unpaired) electrons. The van der Waals surface area contributed by atoms with Crippen LogP contribution in [0.4, 0.5) is 4.79 Å². The fourth-order valence-electron chi connectivity index (χ4n) is 1.86. The van der Waals surface area contributed by atoms with E-state index in [1.165, 1.54) is 11.9 Å². The Balaban J connectivity index is 2.35. The zero-order valence-electron chi connectivity index (χ0n) is 13.5. The molecule has 1 unspecified atom stereocenters. The van der Waals surface area contributed by atoms with E-state index >= 15 is 0 Å². The molecule has 1 N–H and O–H groups in total. The van der Waals surface area contributed by atoms with Gasteiger partial charge in [-0.1, -0.05) is 0 Å². The van der Waals surface area contributed by atoms with Crippen molar-refractivity contribution in [3.8, 4) is 0 Å². The maximum atomic E-state index is 11.7. The maximum absolute atomic E-state index is 11.7. The molecule has 0 saturated carbocycles. The van der Waals surface area contributed by atoms with E-state index in [4.69, 9.17) is 19.4 Å². The largest absolute Gasteiger partial charge is 0.569 e. The van der Waals surface area contributed by atoms with Gasteiger partial charge in [-0.05, 0) is 39.5 Å². The molecule has 1 fully saturated rings. The number of piperidine rings is 1. The number of aliphatic hydroxyl groups is 1. The molecule has 1 aliphatic heterocycles. The fourth-order valence-corrected chi connectivity index (χ4v) is 1.86. The Morgan fingerprint density at radius 2 is 2.05 bits per heavy atom. The van der Waals surface area contributed by atoms with E-state index in [0.29, 0.717) is 30.9 Å². The van der Waals surface area contributed by atoms with E-state index in [1.54, 1.807) is 20.8 Å². The highest BCUT2D eigenvalue weighted by Gasteiger charge is 2.24. The Bertz CT molecular complexity index is 388. The maximum Gasteiger partial charge on any atom is 0.511 e. The molecule has 0 aliphatic carbocycles. The molecule has 0 bridgehead atoms. The number of nitrogens with zero attached hydrogens (tertiary/aromatic N) is 3. The van der Waals surface area contributed by atoms with Crippen LogP contribution < -0.4 is 0 Å². The average Bonchev–Trinajstić information content (AvgIpc) is 2.42. The lowest BCUT2D eigenvalue weighted by Crippen LogP contribution is -2.39. The fraction of sp³-hybridized carbons (Fsp3) is 0.923. The third-order valence-corrected chi connectivity index (χ3v) is 3.01. The van der Waals surface area contributed by atoms with Crippen LogP contribution in [0.15, 0.2) is 5.28 Å². The topological polar surface area (TPSA) is 107 Å². The van der Waals surface area contributed by atoms with E-state index in [-0.39, 0.29) is 12.5 Å². The molecule has 9 heteroatoms. The highest BCUT2D eigenvalue weighted by molar-refractivity contribution is 5.60. The van der Waals surface area contributed by atoms with Crippen LogP contribution in [-0.4, -0.2) is 52.8 Å². The van der Waals surface area contributed by atoms with Crippen molar-refractivity contribution >= 4 is 6.16 Å². The monoisotopic (exact) mass is 319 g/mol. The minimum Gasteiger partial charge on any atom is -0.569 e. The molecule has 1 saturated heterocycles. The number of hydrogen-bond acceptors (Lipinski definition) is 7. The molecule has 1 atom stereocenters. The Labute approximate surface area is 129 Å². The molecule has 0 aromatic carbocycles. The Hall–Kier alpha value is -1.77. The van der Waals surface area contributed by atoms with Crippen molar-refractivity contribution < 1.29 is 29.2 Å². The Kier molecular flexibility index (Phi) is 6.66. The van der Waals surface area contributed by atoms with Gasteiger partial charge in [-0.3, -0.25) is 4.84 Å². The summed E-state index contributed by atoms with van der Waals surface area (Å²) in [4.78, 5) is 16.5. The first-order valence-electron chi connectivity index (χ1n) is 7.30. The minimum absolute atomic E-state index is 0.126. The van der Waals surface area contributed by atoms with Crippen LogP contribution in [0.2, 0.25) is 0 Å². The molecular formula is C13H25N3O6. The second kappa shape index (κ2) is 8.02. The normalized spacial score (nSPS) is 18.8. The lowest BCUT2D eigenvalue weighted by molar-refractivity contribution is -0.715. The van der Waals surface area contributed by atoms with Gasteiger partial charge in [0, 0.05) is 13.5 Å². The summed E-state index contributed by atoms with van der Waals surface area (Å²) in [5, 5.41) is 25.6. The summed E-state index contributed by atoms with van der Waals surface area (Å²) in [6.07, 6.45) is -0.499. The molecule has 1 aliphatic rings. The lowest BCUT2D eigenvalue weighted by Gasteiger charge is -2.27. The van der Waals surface area contributed by atoms with Gasteiger partial charge in [0.05, 0.1) is 18.1 Å². The number of hydrazine groups is 1. The van der Waals surface area contributed by atoms with Crippen molar-refractivity contribution in [2.75, 3.05) is 19.7 Å². The lowest BCUT2D eigenvalue weighted by atomic mass is 9.99. The molecule has 128 valence electrons. The summed E-state index contributed by atoms with van der Waals surface area (Å²) < 4.78 is 9.75. The Morgan fingerprint density at radius 1 is 1.45 bits per heavy atom. The quantitative estimate of drug-likeness (QED) is 0.271. The van der Waals surface area contributed by atoms with Crippen molar-refractivity contribution in [2.24, 2.45) is 11.2 Å². The highest BCUT2D eigenvalue weighted by Crippen LogP contribution is 2.16. The molecule has 9 nitrogen and oxygen atoms in total. The van der Waals surface area contributed by atoms with Crippen LogP contribution in [0.25, 0.3) is 0 Å². The summed E-state index contributed by atoms with van der Waals surface area (Å²) in [5.41, 5.74) is -0.671. The number of carbonyl (C=O) groups is 1. The molecule has 22 heavy (non-hydrogen) atoms. The van der Waals surface area contributed by atoms with Gasteiger partial charge in [0.2, 0.25) is 5.28 Å². The summed E-state index contributed by atoms with van der Waals surface area (Å²) in [6, 6.07) is 0. The third-order valence-electron chi connectivity index (χ3n) is 3.01. The first kappa shape index (κ1) is 18.3.